The lowest BCUT2D eigenvalue weighted by molar-refractivity contribution is -0.122. The highest BCUT2D eigenvalue weighted by Crippen LogP contribution is 1.99. The number of nitrogens with one attached hydrogen (secondary N) is 1. The molecule has 0 bridgehead atoms. The fourth-order valence-electron chi connectivity index (χ4n) is 0.992. The van der Waals surface area contributed by atoms with E-state index in [0.717, 1.165) is 19.6 Å². The van der Waals surface area contributed by atoms with Crippen LogP contribution in [0.3, 0.4) is 0 Å². The maximum absolute atomic E-state index is 11.3. The monoisotopic (exact) mass is 215 g/mol. The Kier molecular flexibility index (Phi) is 8.38. The second-order valence-corrected chi connectivity index (χ2v) is 4.74. The van der Waals surface area contributed by atoms with Gasteiger partial charge in [-0.05, 0) is 18.3 Å². The standard InChI is InChI=1S/C12H25NO2/c1-10(2)5-7-15-8-6-12(14)13-9-11(3)4/h10-11H,5-9H2,1-4H3,(H,13,14). The first-order valence-electron chi connectivity index (χ1n) is 5.86. The van der Waals surface area contributed by atoms with Gasteiger partial charge in [0.15, 0.2) is 0 Å². The van der Waals surface area contributed by atoms with Gasteiger partial charge in [-0.25, -0.2) is 0 Å². The van der Waals surface area contributed by atoms with E-state index >= 15 is 0 Å². The van der Waals surface area contributed by atoms with E-state index in [9.17, 15) is 4.79 Å². The van der Waals surface area contributed by atoms with Crippen molar-refractivity contribution in [1.29, 1.82) is 0 Å². The smallest absolute Gasteiger partial charge is 0.222 e. The van der Waals surface area contributed by atoms with Gasteiger partial charge in [-0.2, -0.15) is 0 Å². The second kappa shape index (κ2) is 8.72. The molecule has 0 saturated heterocycles. The molecule has 0 saturated carbocycles. The minimum Gasteiger partial charge on any atom is -0.381 e. The summed E-state index contributed by atoms with van der Waals surface area (Å²) in [5.41, 5.74) is 0. The van der Waals surface area contributed by atoms with Crippen molar-refractivity contribution in [2.24, 2.45) is 11.8 Å². The van der Waals surface area contributed by atoms with E-state index in [1.54, 1.807) is 0 Å². The third-order valence-electron chi connectivity index (χ3n) is 2.02. The van der Waals surface area contributed by atoms with Crippen LogP contribution in [0.4, 0.5) is 0 Å². The van der Waals surface area contributed by atoms with Crippen molar-refractivity contribution in [2.75, 3.05) is 19.8 Å². The lowest BCUT2D eigenvalue weighted by Gasteiger charge is -2.08. The fourth-order valence-corrected chi connectivity index (χ4v) is 0.992. The summed E-state index contributed by atoms with van der Waals surface area (Å²) < 4.78 is 5.36. The zero-order chi connectivity index (χ0) is 11.7. The molecule has 0 aromatic carbocycles. The highest BCUT2D eigenvalue weighted by Gasteiger charge is 2.02. The Morgan fingerprint density at radius 3 is 2.33 bits per heavy atom. The van der Waals surface area contributed by atoms with Crippen LogP contribution in [-0.4, -0.2) is 25.7 Å². The second-order valence-electron chi connectivity index (χ2n) is 4.74. The summed E-state index contributed by atoms with van der Waals surface area (Å²) in [7, 11) is 0. The van der Waals surface area contributed by atoms with Gasteiger partial charge >= 0.3 is 0 Å². The van der Waals surface area contributed by atoms with Crippen LogP contribution in [0.2, 0.25) is 0 Å². The number of carbonyl (C=O) groups is 1. The molecule has 90 valence electrons. The van der Waals surface area contributed by atoms with Crippen molar-refractivity contribution in [3.63, 3.8) is 0 Å². The normalized spacial score (nSPS) is 11.1. The zero-order valence-corrected chi connectivity index (χ0v) is 10.5. The molecule has 0 unspecified atom stereocenters. The number of ether oxygens (including phenoxy) is 1. The molecule has 0 radical (unpaired) electrons. The Labute approximate surface area is 93.6 Å². The van der Waals surface area contributed by atoms with Gasteiger partial charge < -0.3 is 10.1 Å². The van der Waals surface area contributed by atoms with Crippen molar-refractivity contribution in [3.05, 3.63) is 0 Å². The number of amides is 1. The maximum Gasteiger partial charge on any atom is 0.222 e. The van der Waals surface area contributed by atoms with E-state index in [1.807, 2.05) is 0 Å². The van der Waals surface area contributed by atoms with Crippen LogP contribution in [-0.2, 0) is 9.53 Å². The largest absolute Gasteiger partial charge is 0.381 e. The fraction of sp³-hybridized carbons (Fsp3) is 0.917. The molecule has 1 N–H and O–H groups in total. The molecule has 0 heterocycles. The summed E-state index contributed by atoms with van der Waals surface area (Å²) in [5.74, 6) is 1.27. The highest BCUT2D eigenvalue weighted by atomic mass is 16.5. The predicted molar refractivity (Wildman–Crippen MR) is 62.7 cm³/mol. The molecule has 0 atom stereocenters. The van der Waals surface area contributed by atoms with Crippen LogP contribution < -0.4 is 5.32 Å². The molecule has 15 heavy (non-hydrogen) atoms. The molecule has 0 aliphatic rings. The van der Waals surface area contributed by atoms with Gasteiger partial charge in [-0.1, -0.05) is 27.7 Å². The minimum atomic E-state index is 0.0910. The average molecular weight is 215 g/mol. The van der Waals surface area contributed by atoms with E-state index in [2.05, 4.69) is 33.0 Å². The van der Waals surface area contributed by atoms with Crippen LogP contribution in [0.15, 0.2) is 0 Å². The maximum atomic E-state index is 11.3. The minimum absolute atomic E-state index is 0.0910. The lowest BCUT2D eigenvalue weighted by atomic mass is 10.1. The Morgan fingerprint density at radius 1 is 1.13 bits per heavy atom. The third kappa shape index (κ3) is 11.4. The zero-order valence-electron chi connectivity index (χ0n) is 10.5. The van der Waals surface area contributed by atoms with Crippen molar-refractivity contribution in [2.45, 2.75) is 40.5 Å². The summed E-state index contributed by atoms with van der Waals surface area (Å²) in [6, 6.07) is 0. The molecular weight excluding hydrogens is 190 g/mol. The average Bonchev–Trinajstić information content (AvgIpc) is 2.13. The van der Waals surface area contributed by atoms with Gasteiger partial charge in [0.25, 0.3) is 0 Å². The van der Waals surface area contributed by atoms with Crippen molar-refractivity contribution < 1.29 is 9.53 Å². The van der Waals surface area contributed by atoms with E-state index in [1.165, 1.54) is 0 Å². The van der Waals surface area contributed by atoms with Gasteiger partial charge in [0, 0.05) is 19.6 Å². The summed E-state index contributed by atoms with van der Waals surface area (Å²) in [6.45, 7) is 10.5. The third-order valence-corrected chi connectivity index (χ3v) is 2.02. The lowest BCUT2D eigenvalue weighted by Crippen LogP contribution is -2.28. The summed E-state index contributed by atoms with van der Waals surface area (Å²) in [6.07, 6.45) is 1.54. The first-order valence-corrected chi connectivity index (χ1v) is 5.86. The predicted octanol–water partition coefficient (Wildman–Crippen LogP) is 2.21. The Hall–Kier alpha value is -0.570. The number of hydrogen-bond donors (Lipinski definition) is 1. The molecule has 0 aromatic rings. The van der Waals surface area contributed by atoms with Gasteiger partial charge in [0.05, 0.1) is 6.61 Å². The molecule has 1 amide bonds. The molecule has 0 aliphatic heterocycles. The quantitative estimate of drug-likeness (QED) is 0.630. The molecule has 0 spiro atoms. The van der Waals surface area contributed by atoms with Crippen molar-refractivity contribution >= 4 is 5.91 Å². The molecule has 3 heteroatoms. The first-order chi connectivity index (χ1) is 7.02. The van der Waals surface area contributed by atoms with Crippen LogP contribution in [0.1, 0.15) is 40.5 Å². The Balaban J connectivity index is 3.24. The molecule has 3 nitrogen and oxygen atoms in total. The van der Waals surface area contributed by atoms with Crippen LogP contribution in [0, 0.1) is 11.8 Å². The van der Waals surface area contributed by atoms with Crippen molar-refractivity contribution in [3.8, 4) is 0 Å². The van der Waals surface area contributed by atoms with Gasteiger partial charge in [0.1, 0.15) is 0 Å². The molecule has 0 fully saturated rings. The molecule has 0 aromatic heterocycles. The van der Waals surface area contributed by atoms with E-state index in [4.69, 9.17) is 4.74 Å². The summed E-state index contributed by atoms with van der Waals surface area (Å²) >= 11 is 0. The van der Waals surface area contributed by atoms with Crippen molar-refractivity contribution in [1.82, 2.24) is 5.32 Å². The Bertz CT molecular complexity index is 167. The Morgan fingerprint density at radius 2 is 1.80 bits per heavy atom. The molecule has 0 rings (SSSR count). The SMILES string of the molecule is CC(C)CCOCCC(=O)NCC(C)C. The number of carbonyl (C=O) groups excluding carboxylic acids is 1. The van der Waals surface area contributed by atoms with Gasteiger partial charge in [0.2, 0.25) is 5.91 Å². The molecular formula is C12H25NO2. The first kappa shape index (κ1) is 14.4. The van der Waals surface area contributed by atoms with E-state index in [0.29, 0.717) is 24.9 Å². The highest BCUT2D eigenvalue weighted by molar-refractivity contribution is 5.75. The molecule has 0 aliphatic carbocycles. The van der Waals surface area contributed by atoms with E-state index < -0.39 is 0 Å². The summed E-state index contributed by atoms with van der Waals surface area (Å²) in [5, 5.41) is 2.86. The van der Waals surface area contributed by atoms with Crippen LogP contribution >= 0.6 is 0 Å². The van der Waals surface area contributed by atoms with Crippen LogP contribution in [0.5, 0.6) is 0 Å². The number of rotatable bonds is 8. The van der Waals surface area contributed by atoms with E-state index in [-0.39, 0.29) is 5.91 Å². The van der Waals surface area contributed by atoms with Gasteiger partial charge in [-0.3, -0.25) is 4.79 Å². The van der Waals surface area contributed by atoms with Gasteiger partial charge in [-0.15, -0.1) is 0 Å². The number of hydrogen-bond acceptors (Lipinski definition) is 2. The topological polar surface area (TPSA) is 38.3 Å². The van der Waals surface area contributed by atoms with Crippen LogP contribution in [0.25, 0.3) is 0 Å². The summed E-state index contributed by atoms with van der Waals surface area (Å²) in [4.78, 5) is 11.3.